The number of hydrogen-bond donors (Lipinski definition) is 0. The molecule has 104 valence electrons. The van der Waals surface area contributed by atoms with Gasteiger partial charge in [0.05, 0.1) is 12.1 Å². The fourth-order valence-corrected chi connectivity index (χ4v) is 2.74. The van der Waals surface area contributed by atoms with Crippen LogP contribution in [0.4, 0.5) is 13.6 Å². The Morgan fingerprint density at radius 2 is 2.00 bits per heavy atom. The van der Waals surface area contributed by atoms with Crippen LogP contribution in [0.15, 0.2) is 0 Å². The fourth-order valence-electron chi connectivity index (χ4n) is 2.36. The van der Waals surface area contributed by atoms with E-state index in [0.29, 0.717) is 12.0 Å². The van der Waals surface area contributed by atoms with Crippen molar-refractivity contribution in [3.63, 3.8) is 0 Å². The third-order valence-electron chi connectivity index (χ3n) is 3.08. The number of piperidine rings is 1. The number of hydrogen-bond acceptors (Lipinski definition) is 5. The average molecular weight is 308 g/mol. The molecule has 0 saturated carbocycles. The molecule has 11 heteroatoms. The van der Waals surface area contributed by atoms with E-state index in [0.717, 1.165) is 4.90 Å². The first-order chi connectivity index (χ1) is 8.09. The van der Waals surface area contributed by atoms with Gasteiger partial charge in [-0.1, -0.05) is 0 Å². The van der Waals surface area contributed by atoms with Crippen molar-refractivity contribution >= 4 is 16.4 Å². The molecule has 0 radical (unpaired) electrons. The predicted molar refractivity (Wildman–Crippen MR) is 52.2 cm³/mol. The first-order valence-electron chi connectivity index (χ1n) is 5.22. The molecule has 2 aliphatic heterocycles. The Bertz CT molecular complexity index is 468. The summed E-state index contributed by atoms with van der Waals surface area (Å²) in [5, 5.41) is 0.383. The molecular formula is C8H11F2N2NaO5S. The van der Waals surface area contributed by atoms with E-state index >= 15 is 0 Å². The Morgan fingerprint density at radius 1 is 1.42 bits per heavy atom. The van der Waals surface area contributed by atoms with Crippen molar-refractivity contribution in [3.05, 3.63) is 0 Å². The molecule has 2 amide bonds. The average Bonchev–Trinajstić information content (AvgIpc) is 2.40. The second-order valence-electron chi connectivity index (χ2n) is 4.45. The molecule has 0 aromatic carbocycles. The molecule has 2 fully saturated rings. The van der Waals surface area contributed by atoms with E-state index in [1.165, 1.54) is 0 Å². The molecule has 2 rings (SSSR count). The molecule has 2 heterocycles. The van der Waals surface area contributed by atoms with E-state index in [1.54, 1.807) is 0 Å². The Balaban J connectivity index is 0.00000180. The van der Waals surface area contributed by atoms with Gasteiger partial charge in [-0.05, 0) is 12.8 Å². The molecule has 0 N–H and O–H groups in total. The van der Waals surface area contributed by atoms with Gasteiger partial charge in [-0.25, -0.2) is 22.0 Å². The van der Waals surface area contributed by atoms with Gasteiger partial charge in [0.1, 0.15) is 0 Å². The fraction of sp³-hybridized carbons (Fsp3) is 0.875. The van der Waals surface area contributed by atoms with Crippen LogP contribution in [0.2, 0.25) is 0 Å². The minimum Gasteiger partial charge on any atom is -0.724 e. The van der Waals surface area contributed by atoms with Crippen LogP contribution in [0.3, 0.4) is 0 Å². The van der Waals surface area contributed by atoms with Gasteiger partial charge in [-0.15, -0.1) is 0 Å². The number of carbonyl (C=O) groups excluding carboxylic acids is 1. The van der Waals surface area contributed by atoms with Gasteiger partial charge < -0.3 is 9.45 Å². The smallest absolute Gasteiger partial charge is 0.724 e. The van der Waals surface area contributed by atoms with E-state index in [4.69, 9.17) is 0 Å². The quantitative estimate of drug-likeness (QED) is 0.322. The van der Waals surface area contributed by atoms with Crippen molar-refractivity contribution in [2.24, 2.45) is 0 Å². The van der Waals surface area contributed by atoms with E-state index < -0.39 is 34.4 Å². The molecule has 2 saturated heterocycles. The summed E-state index contributed by atoms with van der Waals surface area (Å²) in [7, 11) is -5.09. The van der Waals surface area contributed by atoms with Crippen LogP contribution < -0.4 is 29.6 Å². The Labute approximate surface area is 131 Å². The van der Waals surface area contributed by atoms with Crippen molar-refractivity contribution in [1.29, 1.82) is 0 Å². The summed E-state index contributed by atoms with van der Waals surface area (Å²) in [6.07, 6.45) is 0.185. The van der Waals surface area contributed by atoms with Gasteiger partial charge in [-0.2, -0.15) is 9.35 Å². The number of urea groups is 1. The molecule has 7 nitrogen and oxygen atoms in total. The molecule has 0 aromatic heterocycles. The molecule has 2 aliphatic rings. The van der Waals surface area contributed by atoms with Crippen LogP contribution in [0.1, 0.15) is 19.8 Å². The second kappa shape index (κ2) is 5.41. The monoisotopic (exact) mass is 308 g/mol. The molecule has 0 unspecified atom stereocenters. The summed E-state index contributed by atoms with van der Waals surface area (Å²) >= 11 is 0. The molecule has 0 spiro atoms. The molecule has 0 aromatic rings. The summed E-state index contributed by atoms with van der Waals surface area (Å²) in [6.45, 7) is 0.627. The largest absolute Gasteiger partial charge is 1.00 e. The van der Waals surface area contributed by atoms with Crippen molar-refractivity contribution in [2.75, 3.05) is 6.54 Å². The van der Waals surface area contributed by atoms with Gasteiger partial charge >= 0.3 is 35.6 Å². The van der Waals surface area contributed by atoms with Crippen molar-refractivity contribution in [1.82, 2.24) is 9.96 Å². The molecule has 2 bridgehead atoms. The Kier molecular flexibility index (Phi) is 4.86. The van der Waals surface area contributed by atoms with Crippen LogP contribution in [0.5, 0.6) is 0 Å². The van der Waals surface area contributed by atoms with Crippen molar-refractivity contribution < 1.29 is 60.4 Å². The summed E-state index contributed by atoms with van der Waals surface area (Å²) in [4.78, 5) is 12.6. The van der Waals surface area contributed by atoms with Crippen molar-refractivity contribution in [3.8, 4) is 0 Å². The maximum atomic E-state index is 13.3. The summed E-state index contributed by atoms with van der Waals surface area (Å²) < 4.78 is 61.9. The number of carbonyl (C=O) groups is 1. The number of alkyl halides is 2. The van der Waals surface area contributed by atoms with E-state index in [1.807, 2.05) is 0 Å². The van der Waals surface area contributed by atoms with E-state index in [-0.39, 0.29) is 48.9 Å². The first-order valence-corrected chi connectivity index (χ1v) is 6.56. The first kappa shape index (κ1) is 17.1. The maximum absolute atomic E-state index is 13.3. The Hall–Kier alpha value is -0.000000000000000222. The number of rotatable bonds is 3. The normalized spacial score (nSPS) is 27.5. The third-order valence-corrected chi connectivity index (χ3v) is 3.42. The van der Waals surface area contributed by atoms with Gasteiger partial charge in [0.15, 0.2) is 0 Å². The summed E-state index contributed by atoms with van der Waals surface area (Å²) in [5.41, 5.74) is 0. The maximum Gasteiger partial charge on any atom is 1.00 e. The predicted octanol–water partition coefficient (Wildman–Crippen LogP) is -2.69. The van der Waals surface area contributed by atoms with Gasteiger partial charge in [0, 0.05) is 13.5 Å². The summed E-state index contributed by atoms with van der Waals surface area (Å²) in [6, 6.07) is -2.99. The molecule has 2 atom stereocenters. The molecule has 19 heavy (non-hydrogen) atoms. The zero-order valence-corrected chi connectivity index (χ0v) is 13.2. The van der Waals surface area contributed by atoms with Crippen LogP contribution >= 0.6 is 0 Å². The minimum absolute atomic E-state index is 0. The third kappa shape index (κ3) is 3.56. The number of amides is 2. The van der Waals surface area contributed by atoms with Crippen LogP contribution in [-0.2, 0) is 14.7 Å². The SMILES string of the molecule is CC(F)(F)[C@@H]1CC[C@H]2CN1C(=O)N2OS(=O)(=O)[O-].[Na+]. The van der Waals surface area contributed by atoms with Gasteiger partial charge in [-0.3, -0.25) is 0 Å². The zero-order chi connectivity index (χ0) is 13.7. The van der Waals surface area contributed by atoms with E-state index in [2.05, 4.69) is 4.28 Å². The van der Waals surface area contributed by atoms with E-state index in [9.17, 15) is 26.5 Å². The summed E-state index contributed by atoms with van der Waals surface area (Å²) in [5.74, 6) is -3.09. The second-order valence-corrected chi connectivity index (χ2v) is 5.41. The van der Waals surface area contributed by atoms with Crippen molar-refractivity contribution in [2.45, 2.75) is 37.8 Å². The van der Waals surface area contributed by atoms with Gasteiger partial charge in [0.2, 0.25) is 10.4 Å². The molecular weight excluding hydrogens is 297 g/mol. The minimum atomic E-state index is -5.09. The Morgan fingerprint density at radius 3 is 2.47 bits per heavy atom. The number of halogens is 2. The van der Waals surface area contributed by atoms with Crippen LogP contribution in [-0.4, -0.2) is 53.5 Å². The zero-order valence-electron chi connectivity index (χ0n) is 10.4. The number of fused-ring (bicyclic) bond motifs is 2. The topological polar surface area (TPSA) is 90.0 Å². The number of nitrogens with zero attached hydrogens (tertiary/aromatic N) is 2. The number of hydroxylamine groups is 2. The standard InChI is InChI=1S/C8H12F2N2O5S.Na/c1-8(9,10)6-3-2-5-4-11(6)7(13)12(5)17-18(14,15)16;/h5-6H,2-4H2,1H3,(H,14,15,16);/q;+1/p-1/t5-,6-;/m0./s1. The van der Waals surface area contributed by atoms with Crippen LogP contribution in [0.25, 0.3) is 0 Å². The van der Waals surface area contributed by atoms with Crippen LogP contribution in [0, 0.1) is 0 Å². The van der Waals surface area contributed by atoms with Gasteiger partial charge in [0.25, 0.3) is 5.92 Å². The molecule has 0 aliphatic carbocycles.